The van der Waals surface area contributed by atoms with E-state index in [4.69, 9.17) is 5.11 Å². The zero-order valence-corrected chi connectivity index (χ0v) is 24.0. The fourth-order valence-electron chi connectivity index (χ4n) is 4.35. The first kappa shape index (κ1) is 34.2. The molecule has 0 saturated heterocycles. The van der Waals surface area contributed by atoms with Gasteiger partial charge in [0, 0.05) is 17.9 Å². The van der Waals surface area contributed by atoms with Crippen molar-refractivity contribution in [1.82, 2.24) is 0 Å². The monoisotopic (exact) mass is 518 g/mol. The molecule has 0 heterocycles. The summed E-state index contributed by atoms with van der Waals surface area (Å²) in [6.07, 6.45) is 22.4. The molecular formula is C26H46O6Zn. The molecule has 0 aliphatic heterocycles. The maximum Gasteiger partial charge on any atom is 2.00 e. The van der Waals surface area contributed by atoms with Crippen LogP contribution in [0.1, 0.15) is 135 Å². The number of rotatable bonds is 18. The van der Waals surface area contributed by atoms with Crippen molar-refractivity contribution in [3.8, 4) is 0 Å². The maximum atomic E-state index is 10.6. The van der Waals surface area contributed by atoms with E-state index in [0.717, 1.165) is 25.7 Å². The Labute approximate surface area is 214 Å². The van der Waals surface area contributed by atoms with Gasteiger partial charge in [-0.1, -0.05) is 110 Å². The summed E-state index contributed by atoms with van der Waals surface area (Å²) in [5.74, 6) is -4.65. The molecule has 188 valence electrons. The molecular weight excluding hydrogens is 474 g/mol. The van der Waals surface area contributed by atoms with Crippen molar-refractivity contribution in [1.29, 1.82) is 0 Å². The topological polar surface area (TPSA) is 118 Å². The van der Waals surface area contributed by atoms with Crippen LogP contribution in [0.3, 0.4) is 0 Å². The van der Waals surface area contributed by atoms with Gasteiger partial charge in [0.25, 0.3) is 0 Å². The van der Waals surface area contributed by atoms with Gasteiger partial charge in [-0.3, -0.25) is 4.79 Å². The van der Waals surface area contributed by atoms with Gasteiger partial charge in [0.2, 0.25) is 0 Å². The Morgan fingerprint density at radius 2 is 1.03 bits per heavy atom. The van der Waals surface area contributed by atoms with Crippen molar-refractivity contribution in [3.05, 3.63) is 0 Å². The number of aliphatic carboxylic acids is 3. The summed E-state index contributed by atoms with van der Waals surface area (Å²) in [5.41, 5.74) is 0. The molecule has 6 nitrogen and oxygen atoms in total. The van der Waals surface area contributed by atoms with E-state index in [2.05, 4.69) is 6.92 Å². The van der Waals surface area contributed by atoms with E-state index in [1.807, 2.05) is 0 Å². The fraction of sp³-hybridized carbons (Fsp3) is 0.885. The zero-order valence-electron chi connectivity index (χ0n) is 21.0. The van der Waals surface area contributed by atoms with Gasteiger partial charge in [0.1, 0.15) is 0 Å². The standard InChI is InChI=1S/C18H36O2.C8H12O4.Zn/c1-2-3-4-5-6-7-8-9-10-11-12-13-14-15-16-17-18(19)20;9-7(10)5-3-1-2-4-6(5)8(11)12;/h2-17H2,1H3,(H,19,20);5-6H,1-4H2,(H,9,10)(H,11,12);/q;;+2/p-2/t;5-,6+;. The van der Waals surface area contributed by atoms with Crippen LogP contribution in [0, 0.1) is 11.8 Å². The normalized spacial score (nSPS) is 17.4. The molecule has 1 N–H and O–H groups in total. The van der Waals surface area contributed by atoms with Crippen molar-refractivity contribution < 1.29 is 49.2 Å². The molecule has 2 atom stereocenters. The molecule has 0 aromatic rings. The third kappa shape index (κ3) is 21.3. The van der Waals surface area contributed by atoms with Gasteiger partial charge in [-0.2, -0.15) is 0 Å². The molecule has 0 spiro atoms. The van der Waals surface area contributed by atoms with Crippen LogP contribution in [-0.2, 0) is 33.9 Å². The zero-order chi connectivity index (χ0) is 24.0. The molecule has 33 heavy (non-hydrogen) atoms. The van der Waals surface area contributed by atoms with E-state index in [-0.39, 0.29) is 25.9 Å². The third-order valence-electron chi connectivity index (χ3n) is 6.37. The van der Waals surface area contributed by atoms with E-state index in [1.54, 1.807) is 0 Å². The number of carboxylic acids is 3. The minimum absolute atomic E-state index is 0. The van der Waals surface area contributed by atoms with Crippen molar-refractivity contribution in [2.45, 2.75) is 135 Å². The maximum absolute atomic E-state index is 10.6. The Balaban J connectivity index is 0. The molecule has 7 heteroatoms. The van der Waals surface area contributed by atoms with E-state index in [0.29, 0.717) is 12.8 Å². The van der Waals surface area contributed by atoms with Crippen LogP contribution in [0.4, 0.5) is 0 Å². The van der Waals surface area contributed by atoms with Crippen LogP contribution >= 0.6 is 0 Å². The van der Waals surface area contributed by atoms with Crippen LogP contribution in [0.25, 0.3) is 0 Å². The minimum atomic E-state index is -1.22. The largest absolute Gasteiger partial charge is 2.00 e. The smallest absolute Gasteiger partial charge is 0.550 e. The predicted octanol–water partition coefficient (Wildman–Crippen LogP) is 4.62. The first-order chi connectivity index (χ1) is 15.4. The summed E-state index contributed by atoms with van der Waals surface area (Å²) in [4.78, 5) is 31.3. The fourth-order valence-corrected chi connectivity index (χ4v) is 4.35. The Morgan fingerprint density at radius 3 is 1.33 bits per heavy atom. The molecule has 1 fully saturated rings. The number of carbonyl (C=O) groups is 3. The van der Waals surface area contributed by atoms with Crippen LogP contribution in [-0.4, -0.2) is 23.0 Å². The molecule has 0 bridgehead atoms. The Hall–Kier alpha value is -0.967. The average molecular weight is 520 g/mol. The van der Waals surface area contributed by atoms with Gasteiger partial charge in [-0.15, -0.1) is 0 Å². The molecule has 0 aromatic carbocycles. The van der Waals surface area contributed by atoms with E-state index >= 15 is 0 Å². The summed E-state index contributed by atoms with van der Waals surface area (Å²) in [6, 6.07) is 0. The minimum Gasteiger partial charge on any atom is -0.550 e. The first-order valence-corrected chi connectivity index (χ1v) is 13.0. The van der Waals surface area contributed by atoms with Gasteiger partial charge in [-0.25, -0.2) is 0 Å². The Kier molecular flexibility index (Phi) is 25.0. The molecule has 0 unspecified atom stereocenters. The molecule has 0 amide bonds. The summed E-state index contributed by atoms with van der Waals surface area (Å²) in [6.45, 7) is 2.27. The summed E-state index contributed by atoms with van der Waals surface area (Å²) in [7, 11) is 0. The van der Waals surface area contributed by atoms with Gasteiger partial charge in [-0.05, 0) is 25.7 Å². The van der Waals surface area contributed by atoms with Crippen LogP contribution in [0.2, 0.25) is 0 Å². The molecule has 1 rings (SSSR count). The van der Waals surface area contributed by atoms with Crippen molar-refractivity contribution >= 4 is 17.9 Å². The second-order valence-electron chi connectivity index (χ2n) is 9.23. The Morgan fingerprint density at radius 1 is 0.667 bits per heavy atom. The van der Waals surface area contributed by atoms with E-state index in [9.17, 15) is 24.6 Å². The Bertz CT molecular complexity index is 475. The van der Waals surface area contributed by atoms with Crippen molar-refractivity contribution in [3.63, 3.8) is 0 Å². The average Bonchev–Trinajstić information content (AvgIpc) is 2.76. The predicted molar refractivity (Wildman–Crippen MR) is 123 cm³/mol. The van der Waals surface area contributed by atoms with Crippen LogP contribution in [0.5, 0.6) is 0 Å². The van der Waals surface area contributed by atoms with E-state index in [1.165, 1.54) is 83.5 Å². The SMILES string of the molecule is CCCCCCCCCCCCCCCCCC(=O)[O-].O=C(O)[C@H]1CCCC[C@H]1C(=O)[O-].[Zn+2]. The number of carbonyl (C=O) groups excluding carboxylic acids is 2. The molecule has 1 saturated carbocycles. The second-order valence-corrected chi connectivity index (χ2v) is 9.23. The van der Waals surface area contributed by atoms with Gasteiger partial charge in [0.15, 0.2) is 0 Å². The molecule has 1 aliphatic rings. The van der Waals surface area contributed by atoms with Crippen molar-refractivity contribution in [2.24, 2.45) is 11.8 Å². The van der Waals surface area contributed by atoms with Gasteiger partial charge in [0.05, 0.1) is 5.92 Å². The second kappa shape index (κ2) is 24.2. The van der Waals surface area contributed by atoms with Crippen LogP contribution in [0.15, 0.2) is 0 Å². The van der Waals surface area contributed by atoms with Gasteiger partial charge < -0.3 is 24.9 Å². The molecule has 0 aromatic heterocycles. The molecule has 1 aliphatic carbocycles. The van der Waals surface area contributed by atoms with Crippen molar-refractivity contribution in [2.75, 3.05) is 0 Å². The summed E-state index contributed by atoms with van der Waals surface area (Å²) < 4.78 is 0. The number of hydrogen-bond acceptors (Lipinski definition) is 5. The number of unbranched alkanes of at least 4 members (excludes halogenated alkanes) is 14. The number of hydrogen-bond donors (Lipinski definition) is 1. The van der Waals surface area contributed by atoms with Crippen LogP contribution < -0.4 is 10.2 Å². The first-order valence-electron chi connectivity index (χ1n) is 13.0. The number of carboxylic acid groups (broad SMARTS) is 3. The summed E-state index contributed by atoms with van der Waals surface area (Å²) >= 11 is 0. The van der Waals surface area contributed by atoms with Gasteiger partial charge >= 0.3 is 25.4 Å². The summed E-state index contributed by atoms with van der Waals surface area (Å²) in [5, 5.41) is 29.4. The quantitative estimate of drug-likeness (QED) is 0.208. The third-order valence-corrected chi connectivity index (χ3v) is 6.37. The van der Waals surface area contributed by atoms with E-state index < -0.39 is 29.7 Å². The molecule has 0 radical (unpaired) electrons.